The van der Waals surface area contributed by atoms with Crippen molar-refractivity contribution in [1.29, 1.82) is 0 Å². The lowest BCUT2D eigenvalue weighted by Gasteiger charge is -2.05. The molecule has 0 saturated heterocycles. The van der Waals surface area contributed by atoms with E-state index in [2.05, 4.69) is 10.3 Å². The summed E-state index contributed by atoms with van der Waals surface area (Å²) in [6.07, 6.45) is 2.29. The maximum Gasteiger partial charge on any atom is 0.275 e. The second kappa shape index (κ2) is 8.15. The second-order valence-electron chi connectivity index (χ2n) is 5.46. The molecule has 0 aliphatic carbocycles. The van der Waals surface area contributed by atoms with Crippen molar-refractivity contribution in [3.05, 3.63) is 65.9 Å². The lowest BCUT2D eigenvalue weighted by atomic mass is 10.2. The van der Waals surface area contributed by atoms with Gasteiger partial charge in [0.05, 0.1) is 13.2 Å². The maximum atomic E-state index is 12.1. The normalized spacial score (nSPS) is 15.0. The van der Waals surface area contributed by atoms with Gasteiger partial charge in [0.25, 0.3) is 5.91 Å². The molecular weight excluding hydrogens is 316 g/mol. The summed E-state index contributed by atoms with van der Waals surface area (Å²) in [7, 11) is 0. The summed E-state index contributed by atoms with van der Waals surface area (Å²) in [5.41, 5.74) is 1.27. The summed E-state index contributed by atoms with van der Waals surface area (Å²) in [6.45, 7) is 2.99. The zero-order valence-corrected chi connectivity index (χ0v) is 14.1. The second-order valence-corrected chi connectivity index (χ2v) is 5.46. The van der Waals surface area contributed by atoms with Gasteiger partial charge in [-0.15, -0.1) is 0 Å². The van der Waals surface area contributed by atoms with Gasteiger partial charge in [-0.25, -0.2) is 4.99 Å². The van der Waals surface area contributed by atoms with Crippen LogP contribution in [0.25, 0.3) is 6.08 Å². The van der Waals surface area contributed by atoms with Crippen molar-refractivity contribution in [1.82, 2.24) is 5.32 Å². The molecule has 1 aliphatic rings. The molecule has 0 radical (unpaired) electrons. The number of para-hydroxylation sites is 1. The predicted molar refractivity (Wildman–Crippen MR) is 97.7 cm³/mol. The van der Waals surface area contributed by atoms with Crippen LogP contribution in [0.3, 0.4) is 0 Å². The highest BCUT2D eigenvalue weighted by Crippen LogP contribution is 2.18. The van der Waals surface area contributed by atoms with Gasteiger partial charge in [-0.1, -0.05) is 30.3 Å². The molecule has 5 heteroatoms. The van der Waals surface area contributed by atoms with E-state index in [1.165, 1.54) is 0 Å². The van der Waals surface area contributed by atoms with Gasteiger partial charge in [-0.05, 0) is 42.8 Å². The Labute approximate surface area is 147 Å². The van der Waals surface area contributed by atoms with Crippen LogP contribution in [0.4, 0.5) is 0 Å². The van der Waals surface area contributed by atoms with Crippen LogP contribution in [0.2, 0.25) is 0 Å². The molecule has 2 aromatic rings. The van der Waals surface area contributed by atoms with Crippen molar-refractivity contribution in [2.45, 2.75) is 13.3 Å². The molecule has 1 amide bonds. The fourth-order valence-electron chi connectivity index (χ4n) is 2.44. The molecule has 25 heavy (non-hydrogen) atoms. The Morgan fingerprint density at radius 3 is 2.64 bits per heavy atom. The molecular formula is C20H20N2O3. The number of amidine groups is 1. The molecule has 2 aromatic carbocycles. The summed E-state index contributed by atoms with van der Waals surface area (Å²) in [4.78, 5) is 16.4. The maximum absolute atomic E-state index is 12.1. The van der Waals surface area contributed by atoms with Gasteiger partial charge >= 0.3 is 0 Å². The van der Waals surface area contributed by atoms with Crippen molar-refractivity contribution >= 4 is 17.8 Å². The average molecular weight is 336 g/mol. The Morgan fingerprint density at radius 1 is 1.04 bits per heavy atom. The molecule has 3 rings (SSSR count). The summed E-state index contributed by atoms with van der Waals surface area (Å²) in [6, 6.07) is 17.1. The number of hydrogen-bond donors (Lipinski definition) is 1. The summed E-state index contributed by atoms with van der Waals surface area (Å²) < 4.78 is 11.1. The number of nitrogens with zero attached hydrogens (tertiary/aromatic N) is 1. The Balaban J connectivity index is 1.62. The fourth-order valence-corrected chi connectivity index (χ4v) is 2.44. The van der Waals surface area contributed by atoms with E-state index in [4.69, 9.17) is 9.47 Å². The van der Waals surface area contributed by atoms with E-state index in [0.717, 1.165) is 17.1 Å². The van der Waals surface area contributed by atoms with E-state index in [1.54, 1.807) is 6.08 Å². The van der Waals surface area contributed by atoms with Gasteiger partial charge in [-0.2, -0.15) is 0 Å². The standard InChI is InChI=1S/C20H20N2O3/c1-2-24-17-10-6-7-15(13-17)14-18-20(23)22-19(21-18)11-12-25-16-8-4-3-5-9-16/h3-10,13-14H,2,11-12H2,1H3,(H,21,22,23)/b18-14+. The zero-order valence-electron chi connectivity index (χ0n) is 14.1. The van der Waals surface area contributed by atoms with Crippen molar-refractivity contribution in [3.8, 4) is 11.5 Å². The van der Waals surface area contributed by atoms with E-state index < -0.39 is 0 Å². The van der Waals surface area contributed by atoms with Crippen LogP contribution in [-0.2, 0) is 4.79 Å². The highest BCUT2D eigenvalue weighted by molar-refractivity contribution is 6.14. The van der Waals surface area contributed by atoms with Crippen molar-refractivity contribution in [2.75, 3.05) is 13.2 Å². The Kier molecular flexibility index (Phi) is 5.46. The third-order valence-corrected chi connectivity index (χ3v) is 3.57. The van der Waals surface area contributed by atoms with Crippen LogP contribution in [0, 0.1) is 0 Å². The average Bonchev–Trinajstić information content (AvgIpc) is 2.96. The Morgan fingerprint density at radius 2 is 1.84 bits per heavy atom. The van der Waals surface area contributed by atoms with Crippen molar-refractivity contribution < 1.29 is 14.3 Å². The van der Waals surface area contributed by atoms with E-state index in [1.807, 2.05) is 61.5 Å². The highest BCUT2D eigenvalue weighted by Gasteiger charge is 2.19. The van der Waals surface area contributed by atoms with Gasteiger partial charge in [-0.3, -0.25) is 4.79 Å². The number of aliphatic imine (C=N–C) groups is 1. The van der Waals surface area contributed by atoms with E-state index in [0.29, 0.717) is 31.2 Å². The topological polar surface area (TPSA) is 59.9 Å². The van der Waals surface area contributed by atoms with Crippen LogP contribution in [0.5, 0.6) is 11.5 Å². The first-order valence-electron chi connectivity index (χ1n) is 8.26. The number of ether oxygens (including phenoxy) is 2. The molecule has 128 valence electrons. The first-order chi connectivity index (χ1) is 12.2. The molecule has 0 spiro atoms. The number of carbonyl (C=O) groups excluding carboxylic acids is 1. The predicted octanol–water partition coefficient (Wildman–Crippen LogP) is 3.42. The molecule has 1 aliphatic heterocycles. The number of carbonyl (C=O) groups is 1. The lowest BCUT2D eigenvalue weighted by Crippen LogP contribution is -2.25. The van der Waals surface area contributed by atoms with Gasteiger partial charge in [0.2, 0.25) is 0 Å². The summed E-state index contributed by atoms with van der Waals surface area (Å²) >= 11 is 0. The third-order valence-electron chi connectivity index (χ3n) is 3.57. The van der Waals surface area contributed by atoms with Gasteiger partial charge in [0.1, 0.15) is 23.0 Å². The minimum Gasteiger partial charge on any atom is -0.494 e. The highest BCUT2D eigenvalue weighted by atomic mass is 16.5. The first kappa shape index (κ1) is 16.8. The molecule has 0 atom stereocenters. The molecule has 0 unspecified atom stereocenters. The summed E-state index contributed by atoms with van der Waals surface area (Å²) in [5.74, 6) is 2.00. The smallest absolute Gasteiger partial charge is 0.275 e. The molecule has 0 fully saturated rings. The minimum atomic E-state index is -0.198. The molecule has 5 nitrogen and oxygen atoms in total. The number of benzene rings is 2. The Bertz CT molecular complexity index is 798. The van der Waals surface area contributed by atoms with Gasteiger partial charge in [0, 0.05) is 6.42 Å². The quantitative estimate of drug-likeness (QED) is 0.788. The molecule has 1 N–H and O–H groups in total. The molecule has 0 bridgehead atoms. The SMILES string of the molecule is CCOc1cccc(/C=C2/N=C(CCOc3ccccc3)NC2=O)c1. The summed E-state index contributed by atoms with van der Waals surface area (Å²) in [5, 5.41) is 2.78. The van der Waals surface area contributed by atoms with Gasteiger partial charge < -0.3 is 14.8 Å². The number of nitrogens with one attached hydrogen (secondary N) is 1. The monoisotopic (exact) mass is 336 g/mol. The number of rotatable bonds is 7. The lowest BCUT2D eigenvalue weighted by molar-refractivity contribution is -0.115. The van der Waals surface area contributed by atoms with E-state index in [9.17, 15) is 4.79 Å². The van der Waals surface area contributed by atoms with E-state index >= 15 is 0 Å². The van der Waals surface area contributed by atoms with Crippen LogP contribution >= 0.6 is 0 Å². The minimum absolute atomic E-state index is 0.198. The first-order valence-corrected chi connectivity index (χ1v) is 8.26. The van der Waals surface area contributed by atoms with E-state index in [-0.39, 0.29) is 5.91 Å². The molecule has 0 saturated carbocycles. The van der Waals surface area contributed by atoms with Crippen LogP contribution in [0.1, 0.15) is 18.9 Å². The van der Waals surface area contributed by atoms with Crippen molar-refractivity contribution in [2.24, 2.45) is 4.99 Å². The number of amides is 1. The van der Waals surface area contributed by atoms with Crippen LogP contribution in [0.15, 0.2) is 65.3 Å². The van der Waals surface area contributed by atoms with Crippen LogP contribution in [-0.4, -0.2) is 25.0 Å². The van der Waals surface area contributed by atoms with Crippen LogP contribution < -0.4 is 14.8 Å². The number of hydrogen-bond acceptors (Lipinski definition) is 4. The zero-order chi connectivity index (χ0) is 17.5. The third kappa shape index (κ3) is 4.70. The Hall–Kier alpha value is -3.08. The van der Waals surface area contributed by atoms with Crippen molar-refractivity contribution in [3.63, 3.8) is 0 Å². The fraction of sp³-hybridized carbons (Fsp3) is 0.200. The largest absolute Gasteiger partial charge is 0.494 e. The van der Waals surface area contributed by atoms with Gasteiger partial charge in [0.15, 0.2) is 0 Å². The molecule has 1 heterocycles. The molecule has 0 aromatic heterocycles.